The normalized spacial score (nSPS) is 42.2. The van der Waals surface area contributed by atoms with Gasteiger partial charge in [0.25, 0.3) is 0 Å². The second-order valence-corrected chi connectivity index (χ2v) is 8.93. The average molecular weight is 276 g/mol. The molecule has 1 nitrogen and oxygen atoms in total. The third-order valence-corrected chi connectivity index (χ3v) is 7.61. The summed E-state index contributed by atoms with van der Waals surface area (Å²) in [6.07, 6.45) is 9.07. The Kier molecular flexibility index (Phi) is 3.18. The zero-order valence-electron chi connectivity index (χ0n) is 14.0. The molecular weight excluding hydrogens is 244 g/mol. The van der Waals surface area contributed by atoms with E-state index in [1.807, 2.05) is 0 Å². The molecule has 1 N–H and O–H groups in total. The molecule has 1 spiro atoms. The van der Waals surface area contributed by atoms with Crippen molar-refractivity contribution >= 4 is 0 Å². The predicted octanol–water partition coefficient (Wildman–Crippen LogP) is 4.80. The molecule has 0 aromatic heterocycles. The summed E-state index contributed by atoms with van der Waals surface area (Å²) in [7, 11) is 0. The molecule has 0 aromatic carbocycles. The summed E-state index contributed by atoms with van der Waals surface area (Å²) in [5.41, 5.74) is 2.97. The van der Waals surface area contributed by atoms with Crippen molar-refractivity contribution in [2.75, 3.05) is 6.61 Å². The summed E-state index contributed by atoms with van der Waals surface area (Å²) in [6, 6.07) is 0. The second kappa shape index (κ2) is 4.35. The summed E-state index contributed by atoms with van der Waals surface area (Å²) in [6.45, 7) is 12.6. The minimum Gasteiger partial charge on any atom is -0.396 e. The van der Waals surface area contributed by atoms with Crippen LogP contribution in [0.5, 0.6) is 0 Å². The van der Waals surface area contributed by atoms with Crippen molar-refractivity contribution in [2.24, 2.45) is 34.0 Å². The number of hydrogen-bond donors (Lipinski definition) is 1. The molecule has 3 rings (SSSR count). The maximum atomic E-state index is 9.83. The first-order valence-electron chi connectivity index (χ1n) is 8.61. The van der Waals surface area contributed by atoms with Crippen molar-refractivity contribution in [1.29, 1.82) is 0 Å². The van der Waals surface area contributed by atoms with Gasteiger partial charge < -0.3 is 5.11 Å². The Morgan fingerprint density at radius 2 is 2.00 bits per heavy atom. The van der Waals surface area contributed by atoms with Crippen LogP contribution in [0.1, 0.15) is 66.7 Å². The summed E-state index contributed by atoms with van der Waals surface area (Å²) in [4.78, 5) is 0. The molecule has 114 valence electrons. The molecule has 4 atom stereocenters. The van der Waals surface area contributed by atoms with E-state index in [0.717, 1.165) is 12.3 Å². The molecular formula is C19H32O. The fourth-order valence-electron chi connectivity index (χ4n) is 6.24. The molecule has 2 bridgehead atoms. The van der Waals surface area contributed by atoms with Crippen molar-refractivity contribution < 1.29 is 5.11 Å². The highest BCUT2D eigenvalue weighted by molar-refractivity contribution is 5.31. The fraction of sp³-hybridized carbons (Fsp3) is 0.895. The van der Waals surface area contributed by atoms with Crippen LogP contribution in [0.25, 0.3) is 0 Å². The number of aliphatic hydroxyl groups is 1. The van der Waals surface area contributed by atoms with Gasteiger partial charge in [-0.3, -0.25) is 0 Å². The number of aliphatic hydroxyl groups excluding tert-OH is 1. The fourth-order valence-corrected chi connectivity index (χ4v) is 6.24. The summed E-state index contributed by atoms with van der Waals surface area (Å²) >= 11 is 0. The van der Waals surface area contributed by atoms with E-state index in [1.165, 1.54) is 25.7 Å². The van der Waals surface area contributed by atoms with Gasteiger partial charge in [0.2, 0.25) is 0 Å². The molecule has 0 radical (unpaired) electrons. The van der Waals surface area contributed by atoms with Gasteiger partial charge in [-0.2, -0.15) is 0 Å². The number of fused-ring (bicyclic) bond motifs is 1. The van der Waals surface area contributed by atoms with E-state index in [9.17, 15) is 5.11 Å². The molecule has 0 heterocycles. The van der Waals surface area contributed by atoms with Crippen LogP contribution < -0.4 is 0 Å². The van der Waals surface area contributed by atoms with Crippen LogP contribution in [-0.2, 0) is 0 Å². The maximum absolute atomic E-state index is 9.83. The van der Waals surface area contributed by atoms with Crippen LogP contribution in [0, 0.1) is 34.0 Å². The molecule has 2 fully saturated rings. The summed E-state index contributed by atoms with van der Waals surface area (Å²) in [5.74, 6) is 1.99. The maximum Gasteiger partial charge on any atom is 0.0496 e. The van der Waals surface area contributed by atoms with E-state index in [-0.39, 0.29) is 0 Å². The standard InChI is InChI=1S/C19H32O/c1-6-13(12-20)15-8-9-17(2,3)19-10-7-14(11-19)18(4,5)16(15)19/h8,13-14,16,20H,6-7,9-12H2,1-5H3. The Morgan fingerprint density at radius 3 is 2.60 bits per heavy atom. The third-order valence-electron chi connectivity index (χ3n) is 7.61. The van der Waals surface area contributed by atoms with E-state index in [4.69, 9.17) is 0 Å². The Bertz CT molecular complexity index is 427. The Balaban J connectivity index is 2.10. The average Bonchev–Trinajstić information content (AvgIpc) is 2.90. The summed E-state index contributed by atoms with van der Waals surface area (Å²) in [5, 5.41) is 9.83. The monoisotopic (exact) mass is 276 g/mol. The first-order valence-corrected chi connectivity index (χ1v) is 8.61. The molecule has 4 unspecified atom stereocenters. The van der Waals surface area contributed by atoms with Crippen LogP contribution in [0.3, 0.4) is 0 Å². The predicted molar refractivity (Wildman–Crippen MR) is 84.4 cm³/mol. The number of hydrogen-bond acceptors (Lipinski definition) is 1. The van der Waals surface area contributed by atoms with Gasteiger partial charge in [0.15, 0.2) is 0 Å². The highest BCUT2D eigenvalue weighted by Crippen LogP contribution is 2.76. The van der Waals surface area contributed by atoms with Crippen LogP contribution >= 0.6 is 0 Å². The topological polar surface area (TPSA) is 20.2 Å². The lowest BCUT2D eigenvalue weighted by Gasteiger charge is -2.56. The molecule has 0 saturated heterocycles. The lowest BCUT2D eigenvalue weighted by molar-refractivity contribution is -0.0230. The van der Waals surface area contributed by atoms with Gasteiger partial charge in [-0.15, -0.1) is 0 Å². The molecule has 2 saturated carbocycles. The van der Waals surface area contributed by atoms with Crippen molar-refractivity contribution in [3.8, 4) is 0 Å². The highest BCUT2D eigenvalue weighted by atomic mass is 16.3. The van der Waals surface area contributed by atoms with Crippen LogP contribution in [0.15, 0.2) is 11.6 Å². The Hall–Kier alpha value is -0.300. The van der Waals surface area contributed by atoms with Crippen molar-refractivity contribution in [2.45, 2.75) is 66.7 Å². The largest absolute Gasteiger partial charge is 0.396 e. The van der Waals surface area contributed by atoms with Gasteiger partial charge in [0.05, 0.1) is 0 Å². The van der Waals surface area contributed by atoms with Crippen LogP contribution in [-0.4, -0.2) is 11.7 Å². The minimum absolute atomic E-state index is 0.329. The number of rotatable bonds is 3. The lowest BCUT2D eigenvalue weighted by Crippen LogP contribution is -2.49. The van der Waals surface area contributed by atoms with E-state index in [2.05, 4.69) is 40.7 Å². The molecule has 3 aliphatic rings. The SMILES string of the molecule is CCC(CO)C1=CCC(C)(C)C23CCC(C2)C(C)(C)C13. The van der Waals surface area contributed by atoms with E-state index < -0.39 is 0 Å². The first kappa shape index (κ1) is 14.6. The van der Waals surface area contributed by atoms with Crippen LogP contribution in [0.2, 0.25) is 0 Å². The molecule has 20 heavy (non-hydrogen) atoms. The van der Waals surface area contributed by atoms with Crippen molar-refractivity contribution in [1.82, 2.24) is 0 Å². The smallest absolute Gasteiger partial charge is 0.0496 e. The number of allylic oxidation sites excluding steroid dienone is 1. The Labute approximate surface area is 124 Å². The molecule has 0 aromatic rings. The van der Waals surface area contributed by atoms with Gasteiger partial charge >= 0.3 is 0 Å². The van der Waals surface area contributed by atoms with Gasteiger partial charge in [-0.05, 0) is 60.2 Å². The zero-order valence-corrected chi connectivity index (χ0v) is 14.0. The van der Waals surface area contributed by atoms with Crippen molar-refractivity contribution in [3.63, 3.8) is 0 Å². The highest BCUT2D eigenvalue weighted by Gasteiger charge is 2.68. The summed E-state index contributed by atoms with van der Waals surface area (Å²) < 4.78 is 0. The van der Waals surface area contributed by atoms with Crippen molar-refractivity contribution in [3.05, 3.63) is 11.6 Å². The van der Waals surface area contributed by atoms with Gasteiger partial charge in [0.1, 0.15) is 0 Å². The van der Waals surface area contributed by atoms with Crippen LogP contribution in [0.4, 0.5) is 0 Å². The lowest BCUT2D eigenvalue weighted by atomic mass is 9.48. The van der Waals surface area contributed by atoms with E-state index >= 15 is 0 Å². The van der Waals surface area contributed by atoms with Gasteiger partial charge in [0, 0.05) is 12.5 Å². The third kappa shape index (κ3) is 1.59. The van der Waals surface area contributed by atoms with Gasteiger partial charge in [-0.25, -0.2) is 0 Å². The Morgan fingerprint density at radius 1 is 1.30 bits per heavy atom. The van der Waals surface area contributed by atoms with E-state index in [1.54, 1.807) is 5.57 Å². The quantitative estimate of drug-likeness (QED) is 0.734. The molecule has 0 aliphatic heterocycles. The first-order chi connectivity index (χ1) is 9.30. The van der Waals surface area contributed by atoms with E-state index in [0.29, 0.717) is 34.7 Å². The molecule has 3 aliphatic carbocycles. The zero-order chi connectivity index (χ0) is 14.8. The van der Waals surface area contributed by atoms with Gasteiger partial charge in [-0.1, -0.05) is 46.3 Å². The second-order valence-electron chi connectivity index (χ2n) is 8.93. The minimum atomic E-state index is 0.329. The molecule has 1 heteroatoms. The molecule has 0 amide bonds.